The Hall–Kier alpha value is -3.66. The number of rotatable bonds is 3. The van der Waals surface area contributed by atoms with Crippen molar-refractivity contribution in [2.75, 3.05) is 31.1 Å². The number of nitrogens with one attached hydrogen (secondary N) is 1. The number of aromatic amines is 1. The second-order valence-corrected chi connectivity index (χ2v) is 8.35. The molecule has 7 nitrogen and oxygen atoms in total. The fourth-order valence-electron chi connectivity index (χ4n) is 4.93. The van der Waals surface area contributed by atoms with Gasteiger partial charge in [-0.3, -0.25) is 14.9 Å². The van der Waals surface area contributed by atoms with Crippen LogP contribution < -0.4 is 4.90 Å². The SMILES string of the molecule is C=CC(=O)N1CC2(CCN(c3cncc(-c4c(C)ccc5[nH]ncc45)c3C#N)C2)C1. The van der Waals surface area contributed by atoms with E-state index >= 15 is 0 Å². The number of hydrogen-bond donors (Lipinski definition) is 1. The molecule has 7 heteroatoms. The lowest BCUT2D eigenvalue weighted by Crippen LogP contribution is -2.59. The third kappa shape index (κ3) is 2.68. The van der Waals surface area contributed by atoms with Crippen molar-refractivity contribution in [3.8, 4) is 17.2 Å². The van der Waals surface area contributed by atoms with Crippen molar-refractivity contribution >= 4 is 22.5 Å². The minimum Gasteiger partial charge on any atom is -0.368 e. The van der Waals surface area contributed by atoms with Gasteiger partial charge in [0.25, 0.3) is 0 Å². The average Bonchev–Trinajstić information content (AvgIpc) is 3.39. The predicted molar refractivity (Wildman–Crippen MR) is 115 cm³/mol. The van der Waals surface area contributed by atoms with Gasteiger partial charge in [0, 0.05) is 48.7 Å². The van der Waals surface area contributed by atoms with Crippen LogP contribution in [0.25, 0.3) is 22.0 Å². The number of nitriles is 1. The molecule has 3 aromatic rings. The number of nitrogens with zero attached hydrogens (tertiary/aromatic N) is 5. The number of carbonyl (C=O) groups excluding carboxylic acids is 1. The summed E-state index contributed by atoms with van der Waals surface area (Å²) < 4.78 is 0. The highest BCUT2D eigenvalue weighted by Crippen LogP contribution is 2.43. The van der Waals surface area contributed by atoms with Crippen molar-refractivity contribution in [2.45, 2.75) is 13.3 Å². The Bertz CT molecular complexity index is 1210. The summed E-state index contributed by atoms with van der Waals surface area (Å²) in [6.07, 6.45) is 7.74. The van der Waals surface area contributed by atoms with Gasteiger partial charge in [-0.05, 0) is 36.6 Å². The monoisotopic (exact) mass is 398 g/mol. The maximum atomic E-state index is 11.8. The van der Waals surface area contributed by atoms with E-state index in [0.29, 0.717) is 5.56 Å². The highest BCUT2D eigenvalue weighted by atomic mass is 16.2. The Kier molecular flexibility index (Phi) is 4.10. The minimum atomic E-state index is -0.0101. The molecular weight excluding hydrogens is 376 g/mol. The molecule has 0 unspecified atom stereocenters. The zero-order chi connectivity index (χ0) is 20.9. The molecule has 2 fully saturated rings. The fraction of sp³-hybridized carbons (Fsp3) is 0.304. The molecule has 30 heavy (non-hydrogen) atoms. The maximum absolute atomic E-state index is 11.8. The van der Waals surface area contributed by atoms with E-state index < -0.39 is 0 Å². The molecule has 5 rings (SSSR count). The zero-order valence-corrected chi connectivity index (χ0v) is 16.9. The number of aromatic nitrogens is 3. The minimum absolute atomic E-state index is 0.0101. The van der Waals surface area contributed by atoms with Crippen molar-refractivity contribution in [3.05, 3.63) is 54.5 Å². The summed E-state index contributed by atoms with van der Waals surface area (Å²) in [5.74, 6) is -0.0101. The Labute approximate surface area is 174 Å². The van der Waals surface area contributed by atoms with Crippen molar-refractivity contribution in [1.29, 1.82) is 5.26 Å². The van der Waals surface area contributed by atoms with Crippen LogP contribution in [0.4, 0.5) is 5.69 Å². The van der Waals surface area contributed by atoms with Gasteiger partial charge < -0.3 is 9.80 Å². The lowest BCUT2D eigenvalue weighted by Gasteiger charge is -2.47. The molecule has 1 spiro atoms. The quantitative estimate of drug-likeness (QED) is 0.685. The van der Waals surface area contributed by atoms with Gasteiger partial charge in [0.15, 0.2) is 0 Å². The molecule has 150 valence electrons. The van der Waals surface area contributed by atoms with E-state index in [1.165, 1.54) is 6.08 Å². The number of benzene rings is 1. The van der Waals surface area contributed by atoms with Crippen LogP contribution in [-0.4, -0.2) is 52.2 Å². The van der Waals surface area contributed by atoms with Crippen LogP contribution in [0, 0.1) is 23.7 Å². The Morgan fingerprint density at radius 1 is 1.30 bits per heavy atom. The molecular formula is C23H22N6O. The number of carbonyl (C=O) groups is 1. The lowest BCUT2D eigenvalue weighted by molar-refractivity contribution is -0.136. The van der Waals surface area contributed by atoms with Crippen LogP contribution >= 0.6 is 0 Å². The summed E-state index contributed by atoms with van der Waals surface area (Å²) in [6, 6.07) is 6.47. The zero-order valence-electron chi connectivity index (χ0n) is 16.9. The first-order chi connectivity index (χ1) is 14.5. The highest BCUT2D eigenvalue weighted by molar-refractivity contribution is 5.98. The first-order valence-electron chi connectivity index (χ1n) is 10.0. The molecule has 2 aliphatic rings. The molecule has 2 aromatic heterocycles. The molecule has 0 saturated carbocycles. The first-order valence-corrected chi connectivity index (χ1v) is 10.0. The summed E-state index contributed by atoms with van der Waals surface area (Å²) in [4.78, 5) is 20.4. The van der Waals surface area contributed by atoms with Gasteiger partial charge >= 0.3 is 0 Å². The Morgan fingerprint density at radius 3 is 2.90 bits per heavy atom. The number of anilines is 1. The average molecular weight is 398 g/mol. The van der Waals surface area contributed by atoms with E-state index in [9.17, 15) is 10.1 Å². The number of fused-ring (bicyclic) bond motifs is 1. The number of likely N-dealkylation sites (tertiary alicyclic amines) is 1. The van der Waals surface area contributed by atoms with Gasteiger partial charge in [0.2, 0.25) is 5.91 Å². The molecule has 1 N–H and O–H groups in total. The van der Waals surface area contributed by atoms with Crippen LogP contribution in [0.3, 0.4) is 0 Å². The summed E-state index contributed by atoms with van der Waals surface area (Å²) in [7, 11) is 0. The molecule has 0 aliphatic carbocycles. The van der Waals surface area contributed by atoms with E-state index in [4.69, 9.17) is 0 Å². The first kappa shape index (κ1) is 18.4. The lowest BCUT2D eigenvalue weighted by atomic mass is 9.79. The molecule has 1 amide bonds. The smallest absolute Gasteiger partial charge is 0.245 e. The van der Waals surface area contributed by atoms with E-state index in [2.05, 4.69) is 32.7 Å². The van der Waals surface area contributed by atoms with Crippen molar-refractivity contribution in [2.24, 2.45) is 5.41 Å². The molecule has 0 atom stereocenters. The summed E-state index contributed by atoms with van der Waals surface area (Å²) in [5.41, 5.74) is 5.44. The highest BCUT2D eigenvalue weighted by Gasteiger charge is 2.49. The van der Waals surface area contributed by atoms with Gasteiger partial charge in [-0.1, -0.05) is 12.6 Å². The van der Waals surface area contributed by atoms with Crippen molar-refractivity contribution in [1.82, 2.24) is 20.1 Å². The topological polar surface area (TPSA) is 88.9 Å². The van der Waals surface area contributed by atoms with Crippen LogP contribution in [0.5, 0.6) is 0 Å². The van der Waals surface area contributed by atoms with E-state index in [-0.39, 0.29) is 11.3 Å². The van der Waals surface area contributed by atoms with E-state index in [1.54, 1.807) is 18.6 Å². The van der Waals surface area contributed by atoms with Crippen molar-refractivity contribution < 1.29 is 4.79 Å². The largest absolute Gasteiger partial charge is 0.368 e. The summed E-state index contributed by atoms with van der Waals surface area (Å²) in [5, 5.41) is 18.3. The van der Waals surface area contributed by atoms with Crippen LogP contribution in [-0.2, 0) is 4.79 Å². The summed E-state index contributed by atoms with van der Waals surface area (Å²) in [6.45, 7) is 8.78. The van der Waals surface area contributed by atoms with Crippen LogP contribution in [0.1, 0.15) is 17.5 Å². The predicted octanol–water partition coefficient (Wildman–Crippen LogP) is 3.03. The van der Waals surface area contributed by atoms with Gasteiger partial charge in [-0.25, -0.2) is 0 Å². The number of hydrogen-bond acceptors (Lipinski definition) is 5. The Balaban J connectivity index is 1.51. The Morgan fingerprint density at radius 2 is 2.13 bits per heavy atom. The maximum Gasteiger partial charge on any atom is 0.245 e. The molecule has 1 aromatic carbocycles. The van der Waals surface area contributed by atoms with Crippen LogP contribution in [0.15, 0.2) is 43.4 Å². The van der Waals surface area contributed by atoms with Gasteiger partial charge in [-0.15, -0.1) is 0 Å². The van der Waals surface area contributed by atoms with Gasteiger partial charge in [0.1, 0.15) is 6.07 Å². The number of H-pyrrole nitrogens is 1. The second kappa shape index (κ2) is 6.70. The third-order valence-electron chi connectivity index (χ3n) is 6.46. The summed E-state index contributed by atoms with van der Waals surface area (Å²) >= 11 is 0. The molecule has 0 radical (unpaired) electrons. The molecule has 2 aliphatic heterocycles. The van der Waals surface area contributed by atoms with Gasteiger partial charge in [-0.2, -0.15) is 10.4 Å². The molecule has 4 heterocycles. The number of pyridine rings is 1. The van der Waals surface area contributed by atoms with Crippen molar-refractivity contribution in [3.63, 3.8) is 0 Å². The standard InChI is InChI=1S/C23H22N6O/c1-3-21(30)29-13-23(14-29)6-7-28(12-23)20-11-25-9-17(16(20)8-24)22-15(2)4-5-19-18(22)10-26-27-19/h3-5,9-11H,1,6-7,12-14H2,2H3,(H,26,27). The number of amides is 1. The normalized spacial score (nSPS) is 17.2. The second-order valence-electron chi connectivity index (χ2n) is 8.35. The van der Waals surface area contributed by atoms with E-state index in [1.807, 2.05) is 24.0 Å². The van der Waals surface area contributed by atoms with Crippen LogP contribution in [0.2, 0.25) is 0 Å². The third-order valence-corrected chi connectivity index (χ3v) is 6.46. The molecule has 2 saturated heterocycles. The number of aryl methyl sites for hydroxylation is 1. The fourth-order valence-corrected chi connectivity index (χ4v) is 4.93. The van der Waals surface area contributed by atoms with E-state index in [0.717, 1.165) is 65.9 Å². The molecule has 0 bridgehead atoms. The van der Waals surface area contributed by atoms with Gasteiger partial charge in [0.05, 0.1) is 29.2 Å².